The Kier molecular flexibility index (Phi) is 7.81. The van der Waals surface area contributed by atoms with Crippen LogP contribution in [0.1, 0.15) is 40.0 Å². The molecule has 94 valence electrons. The molecular formula is C12H22O4. The molecule has 0 bridgehead atoms. The predicted octanol–water partition coefficient (Wildman–Crippen LogP) is 1.96. The Morgan fingerprint density at radius 3 is 2.31 bits per heavy atom. The van der Waals surface area contributed by atoms with E-state index in [1.165, 1.54) is 0 Å². The van der Waals surface area contributed by atoms with E-state index in [-0.39, 0.29) is 18.3 Å². The fourth-order valence-electron chi connectivity index (χ4n) is 1.45. The van der Waals surface area contributed by atoms with Crippen LogP contribution in [0.25, 0.3) is 0 Å². The number of carbonyl (C=O) groups is 2. The Hall–Kier alpha value is -0.900. The molecule has 0 fully saturated rings. The van der Waals surface area contributed by atoms with E-state index in [0.29, 0.717) is 13.0 Å². The summed E-state index contributed by atoms with van der Waals surface area (Å²) >= 11 is 0. The lowest BCUT2D eigenvalue weighted by molar-refractivity contribution is -0.152. The van der Waals surface area contributed by atoms with E-state index in [1.807, 2.05) is 13.8 Å². The molecule has 0 heterocycles. The molecule has 0 amide bonds. The van der Waals surface area contributed by atoms with Gasteiger partial charge in [0.2, 0.25) is 0 Å². The summed E-state index contributed by atoms with van der Waals surface area (Å²) in [5.74, 6) is -1.12. The first-order valence-corrected chi connectivity index (χ1v) is 5.78. The predicted molar refractivity (Wildman–Crippen MR) is 61.1 cm³/mol. The van der Waals surface area contributed by atoms with E-state index >= 15 is 0 Å². The summed E-state index contributed by atoms with van der Waals surface area (Å²) in [4.78, 5) is 23.4. The number of Topliss-reactive ketones (excluding diaryl/α,β-unsaturated/α-hetero) is 1. The SMILES string of the molecule is CCCC(C(=O)CC(C)OC)C(=O)OCC. The molecule has 0 N–H and O–H groups in total. The Balaban J connectivity index is 4.39. The molecule has 0 spiro atoms. The van der Waals surface area contributed by atoms with Gasteiger partial charge < -0.3 is 9.47 Å². The molecule has 2 unspecified atom stereocenters. The van der Waals surface area contributed by atoms with E-state index < -0.39 is 11.9 Å². The van der Waals surface area contributed by atoms with Crippen molar-refractivity contribution < 1.29 is 19.1 Å². The Labute approximate surface area is 97.3 Å². The number of ketones is 1. The minimum atomic E-state index is -0.623. The van der Waals surface area contributed by atoms with E-state index in [4.69, 9.17) is 9.47 Å². The van der Waals surface area contributed by atoms with E-state index in [1.54, 1.807) is 14.0 Å². The molecular weight excluding hydrogens is 208 g/mol. The van der Waals surface area contributed by atoms with Gasteiger partial charge in [0.05, 0.1) is 12.7 Å². The first kappa shape index (κ1) is 15.1. The molecule has 0 saturated carbocycles. The zero-order valence-electron chi connectivity index (χ0n) is 10.6. The number of rotatable bonds is 8. The number of ether oxygens (including phenoxy) is 2. The second-order valence-electron chi connectivity index (χ2n) is 3.81. The molecule has 2 atom stereocenters. The van der Waals surface area contributed by atoms with Gasteiger partial charge in [0, 0.05) is 13.5 Å². The summed E-state index contributed by atoms with van der Waals surface area (Å²) in [6.07, 6.45) is 1.45. The summed E-state index contributed by atoms with van der Waals surface area (Å²) in [7, 11) is 1.55. The van der Waals surface area contributed by atoms with E-state index in [9.17, 15) is 9.59 Å². The lowest BCUT2D eigenvalue weighted by Crippen LogP contribution is -2.28. The summed E-state index contributed by atoms with van der Waals surface area (Å²) in [5, 5.41) is 0. The number of hydrogen-bond acceptors (Lipinski definition) is 4. The molecule has 0 aliphatic heterocycles. The normalized spacial score (nSPS) is 14.2. The summed E-state index contributed by atoms with van der Waals surface area (Å²) in [6, 6.07) is 0. The van der Waals surface area contributed by atoms with Crippen LogP contribution >= 0.6 is 0 Å². The largest absolute Gasteiger partial charge is 0.465 e. The number of methoxy groups -OCH3 is 1. The summed E-state index contributed by atoms with van der Waals surface area (Å²) < 4.78 is 9.91. The smallest absolute Gasteiger partial charge is 0.316 e. The van der Waals surface area contributed by atoms with Gasteiger partial charge in [0.25, 0.3) is 0 Å². The van der Waals surface area contributed by atoms with Gasteiger partial charge in [0.15, 0.2) is 0 Å². The maximum atomic E-state index is 11.8. The second-order valence-corrected chi connectivity index (χ2v) is 3.81. The van der Waals surface area contributed by atoms with Crippen LogP contribution in [0.5, 0.6) is 0 Å². The van der Waals surface area contributed by atoms with Crippen molar-refractivity contribution >= 4 is 11.8 Å². The molecule has 4 nitrogen and oxygen atoms in total. The van der Waals surface area contributed by atoms with E-state index in [0.717, 1.165) is 6.42 Å². The van der Waals surface area contributed by atoms with Crippen LogP contribution in [-0.4, -0.2) is 31.6 Å². The van der Waals surface area contributed by atoms with Crippen molar-refractivity contribution in [3.05, 3.63) is 0 Å². The van der Waals surface area contributed by atoms with Crippen LogP contribution < -0.4 is 0 Å². The van der Waals surface area contributed by atoms with Crippen molar-refractivity contribution in [3.63, 3.8) is 0 Å². The molecule has 16 heavy (non-hydrogen) atoms. The molecule has 0 saturated heterocycles. The monoisotopic (exact) mass is 230 g/mol. The van der Waals surface area contributed by atoms with Crippen LogP contribution in [0.3, 0.4) is 0 Å². The first-order chi connectivity index (χ1) is 7.56. The van der Waals surface area contributed by atoms with Gasteiger partial charge >= 0.3 is 5.97 Å². The van der Waals surface area contributed by atoms with Crippen molar-refractivity contribution in [3.8, 4) is 0 Å². The van der Waals surface area contributed by atoms with Crippen LogP contribution in [-0.2, 0) is 19.1 Å². The highest BCUT2D eigenvalue weighted by molar-refractivity contribution is 5.99. The molecule has 4 heteroatoms. The standard InChI is InChI=1S/C12H22O4/c1-5-7-10(12(14)16-6-2)11(13)8-9(3)15-4/h9-10H,5-8H2,1-4H3. The van der Waals surface area contributed by atoms with Gasteiger partial charge in [0.1, 0.15) is 11.7 Å². The topological polar surface area (TPSA) is 52.6 Å². The summed E-state index contributed by atoms with van der Waals surface area (Å²) in [6.45, 7) is 5.81. The van der Waals surface area contributed by atoms with Crippen molar-refractivity contribution in [2.24, 2.45) is 5.92 Å². The number of esters is 1. The maximum Gasteiger partial charge on any atom is 0.316 e. The molecule has 0 rings (SSSR count). The van der Waals surface area contributed by atoms with Crippen LogP contribution in [0, 0.1) is 5.92 Å². The van der Waals surface area contributed by atoms with Gasteiger partial charge in [-0.05, 0) is 20.3 Å². The molecule has 0 aromatic heterocycles. The lowest BCUT2D eigenvalue weighted by Gasteiger charge is -2.15. The molecule has 0 aliphatic rings. The highest BCUT2D eigenvalue weighted by atomic mass is 16.5. The van der Waals surface area contributed by atoms with Gasteiger partial charge in [-0.2, -0.15) is 0 Å². The Morgan fingerprint density at radius 2 is 1.88 bits per heavy atom. The second kappa shape index (κ2) is 8.28. The highest BCUT2D eigenvalue weighted by Gasteiger charge is 2.27. The van der Waals surface area contributed by atoms with Crippen LogP contribution in [0.4, 0.5) is 0 Å². The average Bonchev–Trinajstić information content (AvgIpc) is 2.25. The first-order valence-electron chi connectivity index (χ1n) is 5.78. The van der Waals surface area contributed by atoms with Crippen molar-refractivity contribution in [1.82, 2.24) is 0 Å². The zero-order chi connectivity index (χ0) is 12.6. The van der Waals surface area contributed by atoms with E-state index in [2.05, 4.69) is 0 Å². The zero-order valence-corrected chi connectivity index (χ0v) is 10.6. The van der Waals surface area contributed by atoms with Gasteiger partial charge in [-0.3, -0.25) is 9.59 Å². The molecule has 0 aliphatic carbocycles. The fourth-order valence-corrected chi connectivity index (χ4v) is 1.45. The third-order valence-corrected chi connectivity index (χ3v) is 2.43. The Morgan fingerprint density at radius 1 is 1.25 bits per heavy atom. The van der Waals surface area contributed by atoms with Crippen molar-refractivity contribution in [2.75, 3.05) is 13.7 Å². The highest BCUT2D eigenvalue weighted by Crippen LogP contribution is 2.14. The number of carbonyl (C=O) groups excluding carboxylic acids is 2. The third-order valence-electron chi connectivity index (χ3n) is 2.43. The number of hydrogen-bond donors (Lipinski definition) is 0. The van der Waals surface area contributed by atoms with Crippen molar-refractivity contribution in [2.45, 2.75) is 46.1 Å². The molecule has 0 aromatic rings. The fraction of sp³-hybridized carbons (Fsp3) is 0.833. The quantitative estimate of drug-likeness (QED) is 0.472. The van der Waals surface area contributed by atoms with Crippen molar-refractivity contribution in [1.29, 1.82) is 0 Å². The molecule has 0 aromatic carbocycles. The third kappa shape index (κ3) is 5.26. The summed E-state index contributed by atoms with van der Waals surface area (Å²) in [5.41, 5.74) is 0. The minimum Gasteiger partial charge on any atom is -0.465 e. The minimum absolute atomic E-state index is 0.0883. The van der Waals surface area contributed by atoms with Crippen LogP contribution in [0.15, 0.2) is 0 Å². The van der Waals surface area contributed by atoms with Gasteiger partial charge in [-0.15, -0.1) is 0 Å². The van der Waals surface area contributed by atoms with Crippen LogP contribution in [0.2, 0.25) is 0 Å². The lowest BCUT2D eigenvalue weighted by atomic mass is 9.95. The average molecular weight is 230 g/mol. The Bertz CT molecular complexity index is 225. The van der Waals surface area contributed by atoms with Gasteiger partial charge in [-0.25, -0.2) is 0 Å². The maximum absolute atomic E-state index is 11.8. The molecule has 0 radical (unpaired) electrons. The van der Waals surface area contributed by atoms with Gasteiger partial charge in [-0.1, -0.05) is 13.3 Å².